The maximum atomic E-state index is 11.3. The number of carbonyl (C=O) groups is 2. The van der Waals surface area contributed by atoms with Gasteiger partial charge >= 0.3 is 5.97 Å². The Balaban J connectivity index is 3.61. The molecule has 0 aliphatic carbocycles. The number of aliphatic hydroxyl groups is 1. The second-order valence-corrected chi connectivity index (χ2v) is 8.18. The number of hydrogen-bond donors (Lipinski definition) is 2. The number of aliphatic carboxylic acids is 1. The molecule has 0 aromatic heterocycles. The van der Waals surface area contributed by atoms with Crippen LogP contribution in [0.25, 0.3) is 0 Å². The number of carboxylic acid groups (broad SMARTS) is 1. The third kappa shape index (κ3) is 18.2. The lowest BCUT2D eigenvalue weighted by Crippen LogP contribution is -2.13. The maximum absolute atomic E-state index is 11.3. The summed E-state index contributed by atoms with van der Waals surface area (Å²) in [6.07, 6.45) is 19.5. The lowest BCUT2D eigenvalue weighted by atomic mass is 9.94. The monoisotopic (exact) mass is 396 g/mol. The zero-order chi connectivity index (χ0) is 21.0. The molecule has 0 aliphatic rings. The highest BCUT2D eigenvalue weighted by Crippen LogP contribution is 2.19. The van der Waals surface area contributed by atoms with Crippen LogP contribution in [0.5, 0.6) is 0 Å². The van der Waals surface area contributed by atoms with Gasteiger partial charge in [0, 0.05) is 6.42 Å². The van der Waals surface area contributed by atoms with Crippen LogP contribution in [-0.2, 0) is 9.59 Å². The Kier molecular flexibility index (Phi) is 18.4. The van der Waals surface area contributed by atoms with Gasteiger partial charge in [0.25, 0.3) is 0 Å². The van der Waals surface area contributed by atoms with Crippen LogP contribution in [0.1, 0.15) is 117 Å². The summed E-state index contributed by atoms with van der Waals surface area (Å²) in [7, 11) is 0. The molecule has 0 rings (SSSR count). The first kappa shape index (κ1) is 26.8. The van der Waals surface area contributed by atoms with Gasteiger partial charge in [0.2, 0.25) is 0 Å². The number of Topliss-reactive ketones (excluding diaryl/α,β-unsaturated/α-hetero) is 1. The highest BCUT2D eigenvalue weighted by Gasteiger charge is 2.16. The summed E-state index contributed by atoms with van der Waals surface area (Å²) >= 11 is 0. The van der Waals surface area contributed by atoms with Gasteiger partial charge in [-0.2, -0.15) is 0 Å². The molecule has 0 fully saturated rings. The highest BCUT2D eigenvalue weighted by molar-refractivity contribution is 5.75. The molecule has 2 N–H and O–H groups in total. The second kappa shape index (κ2) is 19.2. The summed E-state index contributed by atoms with van der Waals surface area (Å²) in [6.45, 7) is 3.78. The van der Waals surface area contributed by atoms with E-state index in [9.17, 15) is 19.8 Å². The molecule has 28 heavy (non-hydrogen) atoms. The fraction of sp³-hybridized carbons (Fsp3) is 0.833. The summed E-state index contributed by atoms with van der Waals surface area (Å²) in [5, 5.41) is 19.2. The zero-order valence-electron chi connectivity index (χ0n) is 18.3. The van der Waals surface area contributed by atoms with E-state index in [1.54, 1.807) is 6.92 Å². The summed E-state index contributed by atoms with van der Waals surface area (Å²) in [5.74, 6) is -0.771. The molecule has 0 saturated heterocycles. The van der Waals surface area contributed by atoms with E-state index in [0.29, 0.717) is 12.8 Å². The van der Waals surface area contributed by atoms with Crippen molar-refractivity contribution in [2.75, 3.05) is 0 Å². The topological polar surface area (TPSA) is 74.6 Å². The van der Waals surface area contributed by atoms with Gasteiger partial charge in [-0.1, -0.05) is 70.4 Å². The van der Waals surface area contributed by atoms with Gasteiger partial charge in [0.15, 0.2) is 0 Å². The molecule has 0 heterocycles. The molecule has 2 atom stereocenters. The Bertz CT molecular complexity index is 417. The first-order valence-electron chi connectivity index (χ1n) is 11.5. The van der Waals surface area contributed by atoms with E-state index in [4.69, 9.17) is 0 Å². The molecule has 0 bridgehead atoms. The van der Waals surface area contributed by atoms with Crippen molar-refractivity contribution in [3.63, 3.8) is 0 Å². The molecule has 0 amide bonds. The number of carboxylic acids is 1. The summed E-state index contributed by atoms with van der Waals surface area (Å²) in [5.41, 5.74) is 0. The Morgan fingerprint density at radius 2 is 1.43 bits per heavy atom. The van der Waals surface area contributed by atoms with Gasteiger partial charge in [-0.3, -0.25) is 4.79 Å². The van der Waals surface area contributed by atoms with Crippen molar-refractivity contribution < 1.29 is 19.8 Å². The molecular weight excluding hydrogens is 352 g/mol. The minimum absolute atomic E-state index is 0.183. The molecule has 0 radical (unpaired) electrons. The Morgan fingerprint density at radius 3 is 2.07 bits per heavy atom. The van der Waals surface area contributed by atoms with Crippen molar-refractivity contribution in [3.05, 3.63) is 12.2 Å². The Hall–Kier alpha value is -1.16. The molecular formula is C24H44O4. The van der Waals surface area contributed by atoms with Crippen molar-refractivity contribution in [1.29, 1.82) is 0 Å². The average Bonchev–Trinajstić information content (AvgIpc) is 2.65. The van der Waals surface area contributed by atoms with Crippen LogP contribution in [-0.4, -0.2) is 28.1 Å². The third-order valence-electron chi connectivity index (χ3n) is 5.32. The van der Waals surface area contributed by atoms with E-state index in [1.807, 2.05) is 0 Å². The summed E-state index contributed by atoms with van der Waals surface area (Å²) in [6, 6.07) is 0. The van der Waals surface area contributed by atoms with Crippen LogP contribution >= 0.6 is 0 Å². The minimum Gasteiger partial charge on any atom is -0.481 e. The lowest BCUT2D eigenvalue weighted by Gasteiger charge is -2.11. The van der Waals surface area contributed by atoms with Crippen molar-refractivity contribution in [2.24, 2.45) is 5.92 Å². The fourth-order valence-electron chi connectivity index (χ4n) is 3.46. The number of hydrogen-bond acceptors (Lipinski definition) is 3. The van der Waals surface area contributed by atoms with Gasteiger partial charge in [-0.05, 0) is 51.9 Å². The molecule has 0 aromatic rings. The summed E-state index contributed by atoms with van der Waals surface area (Å²) < 4.78 is 0. The van der Waals surface area contributed by atoms with Crippen LogP contribution in [0.2, 0.25) is 0 Å². The van der Waals surface area contributed by atoms with E-state index in [-0.39, 0.29) is 17.8 Å². The second-order valence-electron chi connectivity index (χ2n) is 8.18. The number of unbranched alkanes of at least 4 members (excludes halogenated alkanes) is 8. The number of ketones is 1. The minimum atomic E-state index is -0.695. The standard InChI is InChI=1S/C24H44O4/c1-3-4-5-12-19-23(26)20-13-10-8-6-7-9-11-17-22(24(27)28)18-15-14-16-21(2)25/h10,13,22-23,26H,3-9,11-12,14-20H2,1-2H3,(H,27,28)/b13-10-/t22?,23-/m1/s1. The maximum Gasteiger partial charge on any atom is 0.306 e. The van der Waals surface area contributed by atoms with Crippen LogP contribution in [0.4, 0.5) is 0 Å². The molecule has 0 aromatic carbocycles. The van der Waals surface area contributed by atoms with Crippen LogP contribution in [0.3, 0.4) is 0 Å². The fourth-order valence-corrected chi connectivity index (χ4v) is 3.46. The Labute approximate surface area is 172 Å². The molecule has 0 aliphatic heterocycles. The van der Waals surface area contributed by atoms with Gasteiger partial charge in [-0.15, -0.1) is 0 Å². The summed E-state index contributed by atoms with van der Waals surface area (Å²) in [4.78, 5) is 22.2. The van der Waals surface area contributed by atoms with Crippen LogP contribution in [0, 0.1) is 5.92 Å². The number of allylic oxidation sites excluding steroid dienone is 1. The van der Waals surface area contributed by atoms with E-state index in [0.717, 1.165) is 70.6 Å². The van der Waals surface area contributed by atoms with Crippen molar-refractivity contribution in [3.8, 4) is 0 Å². The Morgan fingerprint density at radius 1 is 0.821 bits per heavy atom. The zero-order valence-corrected chi connectivity index (χ0v) is 18.3. The molecule has 1 unspecified atom stereocenters. The smallest absolute Gasteiger partial charge is 0.306 e. The lowest BCUT2D eigenvalue weighted by molar-refractivity contribution is -0.142. The molecule has 164 valence electrons. The molecule has 0 saturated carbocycles. The van der Waals surface area contributed by atoms with Gasteiger partial charge in [0.05, 0.1) is 12.0 Å². The predicted octanol–water partition coefficient (Wildman–Crippen LogP) is 6.45. The van der Waals surface area contributed by atoms with Crippen molar-refractivity contribution in [1.82, 2.24) is 0 Å². The largest absolute Gasteiger partial charge is 0.481 e. The quantitative estimate of drug-likeness (QED) is 0.183. The SMILES string of the molecule is CCCCCC[C@@H](O)C/C=C\CCCCCCC(CCCCC(C)=O)C(=O)O. The predicted molar refractivity (Wildman–Crippen MR) is 116 cm³/mol. The van der Waals surface area contributed by atoms with Gasteiger partial charge in [0.1, 0.15) is 5.78 Å². The van der Waals surface area contributed by atoms with Gasteiger partial charge < -0.3 is 15.0 Å². The highest BCUT2D eigenvalue weighted by atomic mass is 16.4. The first-order valence-corrected chi connectivity index (χ1v) is 11.5. The van der Waals surface area contributed by atoms with E-state index >= 15 is 0 Å². The number of rotatable bonds is 20. The number of aliphatic hydroxyl groups excluding tert-OH is 1. The van der Waals surface area contributed by atoms with Crippen molar-refractivity contribution in [2.45, 2.75) is 123 Å². The molecule has 4 nitrogen and oxygen atoms in total. The molecule has 0 spiro atoms. The number of carbonyl (C=O) groups excluding carboxylic acids is 1. The normalized spacial score (nSPS) is 13.7. The van der Waals surface area contributed by atoms with E-state index in [2.05, 4.69) is 19.1 Å². The van der Waals surface area contributed by atoms with E-state index in [1.165, 1.54) is 19.3 Å². The van der Waals surface area contributed by atoms with Gasteiger partial charge in [-0.25, -0.2) is 0 Å². The van der Waals surface area contributed by atoms with Crippen LogP contribution in [0.15, 0.2) is 12.2 Å². The van der Waals surface area contributed by atoms with E-state index < -0.39 is 5.97 Å². The third-order valence-corrected chi connectivity index (χ3v) is 5.32. The van der Waals surface area contributed by atoms with Crippen LogP contribution < -0.4 is 0 Å². The molecule has 4 heteroatoms. The van der Waals surface area contributed by atoms with Crippen molar-refractivity contribution >= 4 is 11.8 Å². The first-order chi connectivity index (χ1) is 13.5. The average molecular weight is 397 g/mol.